The molecule has 5 nitrogen and oxygen atoms in total. The molecule has 0 saturated heterocycles. The van der Waals surface area contributed by atoms with Crippen LogP contribution in [-0.4, -0.2) is 21.6 Å². The lowest BCUT2D eigenvalue weighted by molar-refractivity contribution is 0.348. The summed E-state index contributed by atoms with van der Waals surface area (Å²) in [4.78, 5) is 0. The van der Waals surface area contributed by atoms with E-state index in [0.717, 1.165) is 0 Å². The largest absolute Gasteiger partial charge is 0.324 e. The molecule has 0 amide bonds. The van der Waals surface area contributed by atoms with Gasteiger partial charge < -0.3 is 4.52 Å². The van der Waals surface area contributed by atoms with Gasteiger partial charge in [0, 0.05) is 7.05 Å². The molecule has 0 aliphatic carbocycles. The van der Waals surface area contributed by atoms with Crippen molar-refractivity contribution in [2.75, 3.05) is 6.61 Å². The van der Waals surface area contributed by atoms with Crippen molar-refractivity contribution in [2.45, 2.75) is 6.92 Å². The minimum atomic E-state index is -3.20. The van der Waals surface area contributed by atoms with Crippen molar-refractivity contribution in [1.82, 2.24) is 15.0 Å². The predicted molar refractivity (Wildman–Crippen MR) is 48.7 cm³/mol. The van der Waals surface area contributed by atoms with Crippen LogP contribution >= 0.6 is 7.37 Å². The van der Waals surface area contributed by atoms with Crippen LogP contribution in [0.1, 0.15) is 6.92 Å². The minimum absolute atomic E-state index is 0.222. The fourth-order valence-electron chi connectivity index (χ4n) is 0.821. The Hall–Kier alpha value is -1.11. The van der Waals surface area contributed by atoms with Gasteiger partial charge >= 0.3 is 7.37 Å². The van der Waals surface area contributed by atoms with Crippen LogP contribution in [0.3, 0.4) is 0 Å². The number of aromatic nitrogens is 3. The summed E-state index contributed by atoms with van der Waals surface area (Å²) in [5, 5.41) is 7.29. The van der Waals surface area contributed by atoms with Gasteiger partial charge in [-0.3, -0.25) is 9.25 Å². The lowest BCUT2D eigenvalue weighted by Gasteiger charge is -2.06. The Labute approximate surface area is 76.5 Å². The number of terminal acetylenes is 1. The highest BCUT2D eigenvalue weighted by molar-refractivity contribution is 7.71. The van der Waals surface area contributed by atoms with Crippen LogP contribution in [0.15, 0.2) is 6.20 Å². The Morgan fingerprint density at radius 3 is 2.92 bits per heavy atom. The molecule has 0 bridgehead atoms. The summed E-state index contributed by atoms with van der Waals surface area (Å²) in [5.41, 5.74) is 2.35. The van der Waals surface area contributed by atoms with Crippen LogP contribution in [0.25, 0.3) is 0 Å². The van der Waals surface area contributed by atoms with E-state index in [4.69, 9.17) is 10.9 Å². The van der Waals surface area contributed by atoms with Crippen LogP contribution in [0.2, 0.25) is 0 Å². The van der Waals surface area contributed by atoms with Gasteiger partial charge in [0.15, 0.2) is 5.44 Å². The van der Waals surface area contributed by atoms with Crippen molar-refractivity contribution < 1.29 is 9.09 Å². The normalized spacial score (nSPS) is 14.8. The second-order valence-corrected chi connectivity index (χ2v) is 4.43. The highest BCUT2D eigenvalue weighted by atomic mass is 31.2. The van der Waals surface area contributed by atoms with Crippen LogP contribution in [0.5, 0.6) is 0 Å². The van der Waals surface area contributed by atoms with Gasteiger partial charge in [-0.15, -0.1) is 11.5 Å². The molecular weight excluding hydrogens is 189 g/mol. The van der Waals surface area contributed by atoms with Crippen molar-refractivity contribution in [3.8, 4) is 12.1 Å². The van der Waals surface area contributed by atoms with Crippen molar-refractivity contribution in [3.05, 3.63) is 6.20 Å². The molecule has 1 rings (SSSR count). The second kappa shape index (κ2) is 3.73. The number of aryl methyl sites for hydroxylation is 1. The van der Waals surface area contributed by atoms with Crippen LogP contribution < -0.4 is 5.44 Å². The molecule has 1 heterocycles. The van der Waals surface area contributed by atoms with E-state index in [9.17, 15) is 4.57 Å². The zero-order valence-electron chi connectivity index (χ0n) is 7.47. The lowest BCUT2D eigenvalue weighted by atomic mass is 10.9. The fourth-order valence-corrected chi connectivity index (χ4v) is 2.00. The minimum Gasteiger partial charge on any atom is -0.316 e. The summed E-state index contributed by atoms with van der Waals surface area (Å²) in [6, 6.07) is 0. The van der Waals surface area contributed by atoms with E-state index in [1.54, 1.807) is 14.0 Å². The number of nitrogens with zero attached hydrogens (tertiary/aromatic N) is 3. The molecule has 13 heavy (non-hydrogen) atoms. The van der Waals surface area contributed by atoms with E-state index in [2.05, 4.69) is 16.0 Å². The Morgan fingerprint density at radius 1 is 1.85 bits per heavy atom. The molecule has 0 aromatic carbocycles. The molecular formula is C7H10N3O2P. The molecule has 0 saturated carbocycles. The maximum Gasteiger partial charge on any atom is 0.324 e. The molecule has 0 aliphatic heterocycles. The Kier molecular flexibility index (Phi) is 2.86. The molecule has 6 heteroatoms. The maximum atomic E-state index is 11.8. The summed E-state index contributed by atoms with van der Waals surface area (Å²) >= 11 is 0. The van der Waals surface area contributed by atoms with Crippen LogP contribution in [-0.2, 0) is 16.1 Å². The van der Waals surface area contributed by atoms with Gasteiger partial charge in [0.1, 0.15) is 0 Å². The van der Waals surface area contributed by atoms with Gasteiger partial charge in [-0.25, -0.2) is 0 Å². The molecule has 0 aliphatic rings. The maximum absolute atomic E-state index is 11.8. The van der Waals surface area contributed by atoms with Gasteiger partial charge in [0.2, 0.25) is 0 Å². The van der Waals surface area contributed by atoms with E-state index >= 15 is 0 Å². The Balaban J connectivity index is 3.05. The average molecular weight is 199 g/mol. The highest BCUT2D eigenvalue weighted by Crippen LogP contribution is 2.42. The van der Waals surface area contributed by atoms with Gasteiger partial charge in [0.05, 0.1) is 12.8 Å². The van der Waals surface area contributed by atoms with Crippen molar-refractivity contribution in [3.63, 3.8) is 0 Å². The van der Waals surface area contributed by atoms with Gasteiger partial charge in [0.25, 0.3) is 0 Å². The molecule has 70 valence electrons. The zero-order chi connectivity index (χ0) is 9.90. The molecule has 0 radical (unpaired) electrons. The Morgan fingerprint density at radius 2 is 2.54 bits per heavy atom. The van der Waals surface area contributed by atoms with E-state index in [-0.39, 0.29) is 12.0 Å². The van der Waals surface area contributed by atoms with E-state index in [0.29, 0.717) is 0 Å². The van der Waals surface area contributed by atoms with E-state index < -0.39 is 7.37 Å². The average Bonchev–Trinajstić information content (AvgIpc) is 2.52. The second-order valence-electron chi connectivity index (χ2n) is 2.35. The number of hydrogen-bond acceptors (Lipinski definition) is 4. The molecule has 0 fully saturated rings. The molecule has 1 aromatic rings. The van der Waals surface area contributed by atoms with E-state index in [1.165, 1.54) is 10.9 Å². The number of hydrogen-bond donors (Lipinski definition) is 0. The van der Waals surface area contributed by atoms with Crippen molar-refractivity contribution >= 4 is 12.8 Å². The summed E-state index contributed by atoms with van der Waals surface area (Å²) in [5.74, 6) is 0. The zero-order valence-corrected chi connectivity index (χ0v) is 8.36. The van der Waals surface area contributed by atoms with E-state index in [1.807, 2.05) is 0 Å². The lowest BCUT2D eigenvalue weighted by Crippen LogP contribution is -2.07. The third-order valence-electron chi connectivity index (χ3n) is 1.37. The van der Waals surface area contributed by atoms with Crippen molar-refractivity contribution in [2.24, 2.45) is 7.05 Å². The smallest absolute Gasteiger partial charge is 0.316 e. The summed E-state index contributed by atoms with van der Waals surface area (Å²) in [7, 11) is -1.53. The number of rotatable bonds is 3. The third-order valence-corrected chi connectivity index (χ3v) is 3.14. The van der Waals surface area contributed by atoms with Gasteiger partial charge in [-0.05, 0) is 12.6 Å². The van der Waals surface area contributed by atoms with Crippen molar-refractivity contribution in [1.29, 1.82) is 0 Å². The predicted octanol–water partition coefficient (Wildman–Crippen LogP) is 0.346. The first-order valence-electron chi connectivity index (χ1n) is 3.71. The topological polar surface area (TPSA) is 57.0 Å². The van der Waals surface area contributed by atoms with Crippen LogP contribution in [0, 0.1) is 12.1 Å². The summed E-state index contributed by atoms with van der Waals surface area (Å²) < 4.78 is 18.2. The quantitative estimate of drug-likeness (QED) is 0.520. The fraction of sp³-hybridized carbons (Fsp3) is 0.429. The molecule has 1 unspecified atom stereocenters. The molecule has 0 N–H and O–H groups in total. The first kappa shape index (κ1) is 9.97. The molecule has 1 aromatic heterocycles. The first-order chi connectivity index (χ1) is 6.12. The SMILES string of the molecule is C#CP(=O)(OCC)c1cn(C)nn1. The van der Waals surface area contributed by atoms with Gasteiger partial charge in [-0.1, -0.05) is 5.21 Å². The van der Waals surface area contributed by atoms with Crippen LogP contribution in [0.4, 0.5) is 0 Å². The highest BCUT2D eigenvalue weighted by Gasteiger charge is 2.26. The van der Waals surface area contributed by atoms with Gasteiger partial charge in [-0.2, -0.15) is 0 Å². The standard InChI is InChI=1S/C7H10N3O2P/c1-4-12-13(11,5-2)7-6-10(3)9-8-7/h2,6H,4H2,1,3H3. The first-order valence-corrected chi connectivity index (χ1v) is 5.34. The molecule has 0 spiro atoms. The monoisotopic (exact) mass is 199 g/mol. The summed E-state index contributed by atoms with van der Waals surface area (Å²) in [6.07, 6.45) is 6.62. The summed E-state index contributed by atoms with van der Waals surface area (Å²) in [6.45, 7) is 2.01. The molecule has 1 atom stereocenters. The third kappa shape index (κ3) is 1.97. The Bertz CT molecular complexity index is 379.